The summed E-state index contributed by atoms with van der Waals surface area (Å²) in [6.07, 6.45) is 6.81. The monoisotopic (exact) mass is 318 g/mol. The summed E-state index contributed by atoms with van der Waals surface area (Å²) in [5.41, 5.74) is 2.76. The smallest absolute Gasteiger partial charge is 0.399 e. The Labute approximate surface area is 141 Å². The van der Waals surface area contributed by atoms with Crippen molar-refractivity contribution in [2.75, 3.05) is 0 Å². The molecule has 0 radical (unpaired) electrons. The number of aromatic nitrogens is 2. The van der Waals surface area contributed by atoms with Crippen LogP contribution < -0.4 is 5.46 Å². The van der Waals surface area contributed by atoms with Crippen LogP contribution in [-0.2, 0) is 15.9 Å². The number of hydrogen-bond donors (Lipinski definition) is 0. The van der Waals surface area contributed by atoms with Crippen molar-refractivity contribution >= 4 is 12.6 Å². The minimum atomic E-state index is -0.305. The summed E-state index contributed by atoms with van der Waals surface area (Å²) in [5, 5.41) is 4.80. The third-order valence-corrected chi connectivity index (χ3v) is 6.08. The zero-order valence-electron chi connectivity index (χ0n) is 15.6. The maximum Gasteiger partial charge on any atom is 0.498 e. The highest BCUT2D eigenvalue weighted by Crippen LogP contribution is 2.37. The van der Waals surface area contributed by atoms with E-state index in [9.17, 15) is 0 Å². The van der Waals surface area contributed by atoms with Crippen molar-refractivity contribution in [2.24, 2.45) is 5.92 Å². The van der Waals surface area contributed by atoms with Gasteiger partial charge in [0.25, 0.3) is 0 Å². The minimum Gasteiger partial charge on any atom is -0.399 e. The quantitative estimate of drug-likeness (QED) is 0.802. The fraction of sp³-hybridized carbons (Fsp3) is 0.833. The first kappa shape index (κ1) is 17.0. The summed E-state index contributed by atoms with van der Waals surface area (Å²) >= 11 is 0. The molecule has 0 aromatic carbocycles. The third kappa shape index (κ3) is 3.10. The van der Waals surface area contributed by atoms with Gasteiger partial charge in [-0.25, -0.2) is 0 Å². The van der Waals surface area contributed by atoms with E-state index in [0.29, 0.717) is 0 Å². The predicted molar refractivity (Wildman–Crippen MR) is 94.0 cm³/mol. The highest BCUT2D eigenvalue weighted by molar-refractivity contribution is 6.63. The highest BCUT2D eigenvalue weighted by Gasteiger charge is 2.53. The molecule has 0 bridgehead atoms. The van der Waals surface area contributed by atoms with Crippen molar-refractivity contribution in [3.63, 3.8) is 0 Å². The molecule has 1 saturated heterocycles. The van der Waals surface area contributed by atoms with Crippen LogP contribution in [0, 0.1) is 19.8 Å². The molecular formula is C18H31BN2O2. The SMILES string of the molecule is Cc1nn(CC2CCCCC2)c(C)c1B1OC(C)(C)C(C)(C)O1. The topological polar surface area (TPSA) is 36.3 Å². The molecule has 0 N–H and O–H groups in total. The predicted octanol–water partition coefficient (Wildman–Crippen LogP) is 3.38. The minimum absolute atomic E-state index is 0.304. The molecule has 3 rings (SSSR count). The normalized spacial score (nSPS) is 24.3. The van der Waals surface area contributed by atoms with E-state index in [2.05, 4.69) is 46.2 Å². The first-order chi connectivity index (χ1) is 10.7. The van der Waals surface area contributed by atoms with E-state index >= 15 is 0 Å². The second kappa shape index (κ2) is 5.93. The van der Waals surface area contributed by atoms with E-state index in [-0.39, 0.29) is 18.3 Å². The van der Waals surface area contributed by atoms with Gasteiger partial charge in [0.1, 0.15) is 0 Å². The zero-order chi connectivity index (χ0) is 16.8. The Morgan fingerprint density at radius 3 is 2.17 bits per heavy atom. The molecule has 0 spiro atoms. The Balaban J connectivity index is 1.81. The van der Waals surface area contributed by atoms with Crippen molar-refractivity contribution in [1.29, 1.82) is 0 Å². The molecule has 5 heteroatoms. The summed E-state index contributed by atoms with van der Waals surface area (Å²) in [6, 6.07) is 0. The first-order valence-electron chi connectivity index (χ1n) is 9.11. The Bertz CT molecular complexity index is 558. The second-order valence-electron chi connectivity index (χ2n) is 8.36. The van der Waals surface area contributed by atoms with Crippen LogP contribution in [-0.4, -0.2) is 28.1 Å². The Hall–Kier alpha value is -0.805. The van der Waals surface area contributed by atoms with E-state index in [1.54, 1.807) is 0 Å². The van der Waals surface area contributed by atoms with Gasteiger partial charge in [0.05, 0.1) is 16.9 Å². The molecule has 1 aromatic heterocycles. The molecule has 2 heterocycles. The van der Waals surface area contributed by atoms with E-state index < -0.39 is 0 Å². The van der Waals surface area contributed by atoms with Crippen molar-refractivity contribution in [3.8, 4) is 0 Å². The largest absolute Gasteiger partial charge is 0.498 e. The molecule has 1 aliphatic carbocycles. The van der Waals surface area contributed by atoms with Crippen molar-refractivity contribution in [3.05, 3.63) is 11.4 Å². The summed E-state index contributed by atoms with van der Waals surface area (Å²) in [4.78, 5) is 0. The fourth-order valence-corrected chi connectivity index (χ4v) is 3.80. The number of rotatable bonds is 3. The molecular weight excluding hydrogens is 287 g/mol. The lowest BCUT2D eigenvalue weighted by Crippen LogP contribution is -2.41. The molecule has 1 aliphatic heterocycles. The van der Waals surface area contributed by atoms with Gasteiger partial charge in [-0.15, -0.1) is 0 Å². The maximum atomic E-state index is 6.24. The van der Waals surface area contributed by atoms with Crippen LogP contribution in [0.2, 0.25) is 0 Å². The Morgan fingerprint density at radius 1 is 1.04 bits per heavy atom. The van der Waals surface area contributed by atoms with Crippen LogP contribution in [0.5, 0.6) is 0 Å². The van der Waals surface area contributed by atoms with Crippen LogP contribution in [0.4, 0.5) is 0 Å². The van der Waals surface area contributed by atoms with Crippen molar-refractivity contribution in [1.82, 2.24) is 9.78 Å². The van der Waals surface area contributed by atoms with Crippen LogP contribution in [0.3, 0.4) is 0 Å². The fourth-order valence-electron chi connectivity index (χ4n) is 3.80. The highest BCUT2D eigenvalue weighted by atomic mass is 16.7. The van der Waals surface area contributed by atoms with E-state index in [0.717, 1.165) is 23.6 Å². The average molecular weight is 318 g/mol. The van der Waals surface area contributed by atoms with Gasteiger partial charge in [0, 0.05) is 17.7 Å². The van der Waals surface area contributed by atoms with E-state index in [1.807, 2.05) is 0 Å². The van der Waals surface area contributed by atoms with Gasteiger partial charge in [-0.05, 0) is 60.3 Å². The number of hydrogen-bond acceptors (Lipinski definition) is 3. The van der Waals surface area contributed by atoms with Gasteiger partial charge in [0.2, 0.25) is 0 Å². The molecule has 4 nitrogen and oxygen atoms in total. The van der Waals surface area contributed by atoms with Crippen LogP contribution in [0.15, 0.2) is 0 Å². The molecule has 1 saturated carbocycles. The van der Waals surface area contributed by atoms with Gasteiger partial charge in [-0.2, -0.15) is 5.10 Å². The molecule has 2 aliphatic rings. The molecule has 1 aromatic rings. The van der Waals surface area contributed by atoms with Gasteiger partial charge in [0.15, 0.2) is 0 Å². The van der Waals surface area contributed by atoms with Gasteiger partial charge < -0.3 is 9.31 Å². The Morgan fingerprint density at radius 2 is 1.61 bits per heavy atom. The van der Waals surface area contributed by atoms with E-state index in [1.165, 1.54) is 37.8 Å². The summed E-state index contributed by atoms with van der Waals surface area (Å²) in [5.74, 6) is 0.771. The number of nitrogens with zero attached hydrogens (tertiary/aromatic N) is 2. The van der Waals surface area contributed by atoms with Gasteiger partial charge in [-0.1, -0.05) is 19.3 Å². The van der Waals surface area contributed by atoms with Crippen molar-refractivity contribution in [2.45, 2.75) is 91.4 Å². The third-order valence-electron chi connectivity index (χ3n) is 6.08. The van der Waals surface area contributed by atoms with Gasteiger partial charge in [-0.3, -0.25) is 4.68 Å². The van der Waals surface area contributed by atoms with Crippen LogP contribution in [0.1, 0.15) is 71.2 Å². The summed E-state index contributed by atoms with van der Waals surface area (Å²) < 4.78 is 14.7. The molecule has 2 fully saturated rings. The van der Waals surface area contributed by atoms with Crippen molar-refractivity contribution < 1.29 is 9.31 Å². The Kier molecular flexibility index (Phi) is 4.39. The van der Waals surface area contributed by atoms with Crippen LogP contribution in [0.25, 0.3) is 0 Å². The molecule has 0 amide bonds. The average Bonchev–Trinajstić information content (AvgIpc) is 2.84. The van der Waals surface area contributed by atoms with Gasteiger partial charge >= 0.3 is 7.12 Å². The lowest BCUT2D eigenvalue weighted by molar-refractivity contribution is 0.00578. The lowest BCUT2D eigenvalue weighted by Gasteiger charge is -2.32. The van der Waals surface area contributed by atoms with E-state index in [4.69, 9.17) is 14.4 Å². The second-order valence-corrected chi connectivity index (χ2v) is 8.36. The first-order valence-corrected chi connectivity index (χ1v) is 9.11. The molecule has 23 heavy (non-hydrogen) atoms. The zero-order valence-corrected chi connectivity index (χ0v) is 15.6. The maximum absolute atomic E-state index is 6.24. The lowest BCUT2D eigenvalue weighted by atomic mass is 9.77. The molecule has 0 unspecified atom stereocenters. The summed E-state index contributed by atoms with van der Waals surface area (Å²) in [7, 11) is -0.305. The molecule has 0 atom stereocenters. The van der Waals surface area contributed by atoms with Crippen LogP contribution >= 0.6 is 0 Å². The molecule has 128 valence electrons. The standard InChI is InChI=1S/C18H31BN2O2/c1-13-16(19-22-17(3,4)18(5,6)23-19)14(2)21(20-13)12-15-10-8-7-9-11-15/h15H,7-12H2,1-6H3. The summed E-state index contributed by atoms with van der Waals surface area (Å²) in [6.45, 7) is 13.7. The number of aryl methyl sites for hydroxylation is 1.